The number of hydrogen-bond donors (Lipinski definition) is 1. The van der Waals surface area contributed by atoms with Crippen molar-refractivity contribution in [2.24, 2.45) is 0 Å². The van der Waals surface area contributed by atoms with Crippen LogP contribution in [0.3, 0.4) is 0 Å². The molecular formula is C9H11FN6O3. The minimum Gasteiger partial charge on any atom is -0.390 e. The summed E-state index contributed by atoms with van der Waals surface area (Å²) in [6.07, 6.45) is 3.11. The Bertz CT molecular complexity index is 568. The van der Waals surface area contributed by atoms with Crippen molar-refractivity contribution in [1.82, 2.24) is 24.5 Å². The second-order valence-electron chi connectivity index (χ2n) is 3.85. The van der Waals surface area contributed by atoms with Crippen molar-refractivity contribution in [2.45, 2.75) is 19.2 Å². The first-order valence-corrected chi connectivity index (χ1v) is 5.38. The van der Waals surface area contributed by atoms with Gasteiger partial charge in [0.1, 0.15) is 37.4 Å². The lowest BCUT2D eigenvalue weighted by atomic mass is 10.4. The Kier molecular flexibility index (Phi) is 3.80. The molecule has 2 rings (SSSR count). The maximum Gasteiger partial charge on any atom is 0.434 e. The fourth-order valence-electron chi connectivity index (χ4n) is 1.54. The molecule has 2 aromatic heterocycles. The second kappa shape index (κ2) is 5.52. The molecule has 1 atom stereocenters. The first kappa shape index (κ1) is 13.1. The summed E-state index contributed by atoms with van der Waals surface area (Å²) in [7, 11) is 0. The Labute approximate surface area is 106 Å². The maximum absolute atomic E-state index is 12.1. The first-order valence-electron chi connectivity index (χ1n) is 5.38. The van der Waals surface area contributed by atoms with Gasteiger partial charge in [-0.3, -0.25) is 0 Å². The average molecular weight is 269 g/mol. The van der Waals surface area contributed by atoms with Crippen LogP contribution in [0.4, 0.5) is 10.3 Å². The number of aromatic nitrogens is 5. The van der Waals surface area contributed by atoms with Crippen molar-refractivity contribution in [3.8, 4) is 0 Å². The highest BCUT2D eigenvalue weighted by Gasteiger charge is 2.16. The van der Waals surface area contributed by atoms with Crippen LogP contribution in [0.15, 0.2) is 18.6 Å². The van der Waals surface area contributed by atoms with E-state index in [4.69, 9.17) is 5.11 Å². The highest BCUT2D eigenvalue weighted by molar-refractivity contribution is 5.09. The number of imidazole rings is 1. The van der Waals surface area contributed by atoms with E-state index in [1.54, 1.807) is 0 Å². The van der Waals surface area contributed by atoms with Crippen LogP contribution in [0.1, 0.15) is 5.69 Å². The molecule has 0 saturated heterocycles. The topological polar surface area (TPSA) is 112 Å². The molecule has 9 nitrogen and oxygen atoms in total. The van der Waals surface area contributed by atoms with Crippen LogP contribution in [0.5, 0.6) is 0 Å². The molecule has 0 aromatic carbocycles. The first-order chi connectivity index (χ1) is 9.10. The standard InChI is InChI=1S/C9H11FN6O3/c10-3-8(17)6-15-5-7(12-13-15)4-14-2-1-11-9(14)16(18)19/h1-2,5,8,17H,3-4,6H2/i10-1. The zero-order chi connectivity index (χ0) is 13.8. The lowest BCUT2D eigenvalue weighted by molar-refractivity contribution is -0.396. The van der Waals surface area contributed by atoms with Crippen LogP contribution < -0.4 is 0 Å². The number of aliphatic hydroxyl groups is 1. The van der Waals surface area contributed by atoms with Gasteiger partial charge in [0.2, 0.25) is 0 Å². The van der Waals surface area contributed by atoms with Crippen LogP contribution in [0.25, 0.3) is 0 Å². The molecule has 1 unspecified atom stereocenters. The van der Waals surface area contributed by atoms with Gasteiger partial charge >= 0.3 is 5.95 Å². The van der Waals surface area contributed by atoms with Gasteiger partial charge in [-0.25, -0.2) is 13.6 Å². The molecular weight excluding hydrogens is 258 g/mol. The monoisotopic (exact) mass is 269 g/mol. The van der Waals surface area contributed by atoms with E-state index >= 15 is 0 Å². The van der Waals surface area contributed by atoms with E-state index in [1.165, 1.54) is 27.8 Å². The molecule has 102 valence electrons. The SMILES string of the molecule is O=[N+]([O-])c1nccn1Cc1cn(CC(O)C[18F])nn1. The summed E-state index contributed by atoms with van der Waals surface area (Å²) < 4.78 is 14.7. The van der Waals surface area contributed by atoms with E-state index in [1.807, 2.05) is 0 Å². The number of hydrogen-bond acceptors (Lipinski definition) is 6. The summed E-state index contributed by atoms with van der Waals surface area (Å²) >= 11 is 0. The predicted octanol–water partition coefficient (Wildman–Crippen LogP) is -0.239. The Morgan fingerprint density at radius 1 is 1.58 bits per heavy atom. The van der Waals surface area contributed by atoms with Crippen molar-refractivity contribution >= 4 is 5.95 Å². The normalized spacial score (nSPS) is 12.5. The van der Waals surface area contributed by atoms with Gasteiger partial charge in [-0.2, -0.15) is 0 Å². The number of aliphatic hydroxyl groups excluding tert-OH is 1. The molecule has 0 amide bonds. The number of nitrogens with zero attached hydrogens (tertiary/aromatic N) is 6. The summed E-state index contributed by atoms with van der Waals surface area (Å²) in [4.78, 5) is 13.7. The van der Waals surface area contributed by atoms with Crippen LogP contribution >= 0.6 is 0 Å². The summed E-state index contributed by atoms with van der Waals surface area (Å²) in [5, 5.41) is 27.3. The molecule has 0 aliphatic carbocycles. The quantitative estimate of drug-likeness (QED) is 0.572. The van der Waals surface area contributed by atoms with Gasteiger partial charge in [0.25, 0.3) is 0 Å². The van der Waals surface area contributed by atoms with E-state index in [-0.39, 0.29) is 19.0 Å². The third kappa shape index (κ3) is 3.10. The number of halogens is 1. The Morgan fingerprint density at radius 3 is 3.05 bits per heavy atom. The van der Waals surface area contributed by atoms with E-state index in [0.29, 0.717) is 5.69 Å². The maximum atomic E-state index is 12.1. The molecule has 0 spiro atoms. The summed E-state index contributed by atoms with van der Waals surface area (Å²) in [6, 6.07) is 0. The fourth-order valence-corrected chi connectivity index (χ4v) is 1.54. The third-order valence-electron chi connectivity index (χ3n) is 2.35. The van der Waals surface area contributed by atoms with Crippen molar-refractivity contribution in [1.29, 1.82) is 0 Å². The number of nitro groups is 1. The minimum atomic E-state index is -1.14. The summed E-state index contributed by atoms with van der Waals surface area (Å²) in [6.45, 7) is -0.764. The summed E-state index contributed by atoms with van der Waals surface area (Å²) in [5.74, 6) is -0.293. The van der Waals surface area contributed by atoms with Gasteiger partial charge in [-0.05, 0) is 4.92 Å². The van der Waals surface area contributed by atoms with Crippen molar-refractivity contribution < 1.29 is 14.4 Å². The van der Waals surface area contributed by atoms with Crippen LogP contribution in [-0.2, 0) is 13.1 Å². The smallest absolute Gasteiger partial charge is 0.390 e. The van der Waals surface area contributed by atoms with Crippen molar-refractivity contribution in [3.63, 3.8) is 0 Å². The van der Waals surface area contributed by atoms with Crippen LogP contribution in [0.2, 0.25) is 0 Å². The molecule has 0 aliphatic heterocycles. The Balaban J connectivity index is 2.07. The van der Waals surface area contributed by atoms with E-state index in [0.717, 1.165) is 0 Å². The molecule has 0 bridgehead atoms. The molecule has 2 aromatic rings. The van der Waals surface area contributed by atoms with Gasteiger partial charge in [0.05, 0.1) is 12.7 Å². The molecule has 0 saturated carbocycles. The van der Waals surface area contributed by atoms with E-state index in [2.05, 4.69) is 15.3 Å². The highest BCUT2D eigenvalue weighted by atomic mass is 18.2. The van der Waals surface area contributed by atoms with Crippen LogP contribution in [-0.4, -0.2) is 47.4 Å². The van der Waals surface area contributed by atoms with Gasteiger partial charge in [0.15, 0.2) is 0 Å². The molecule has 19 heavy (non-hydrogen) atoms. The summed E-state index contributed by atoms with van der Waals surface area (Å²) in [5.41, 5.74) is 0.451. The number of rotatable bonds is 6. The van der Waals surface area contributed by atoms with Gasteiger partial charge in [-0.15, -0.1) is 5.10 Å². The zero-order valence-corrected chi connectivity index (χ0v) is 9.76. The zero-order valence-electron chi connectivity index (χ0n) is 9.76. The average Bonchev–Trinajstić information content (AvgIpc) is 2.99. The lowest BCUT2D eigenvalue weighted by Gasteiger charge is -2.03. The Morgan fingerprint density at radius 2 is 2.37 bits per heavy atom. The van der Waals surface area contributed by atoms with E-state index in [9.17, 15) is 14.5 Å². The molecule has 0 aliphatic rings. The largest absolute Gasteiger partial charge is 0.434 e. The molecule has 2 heterocycles. The van der Waals surface area contributed by atoms with Crippen molar-refractivity contribution in [3.05, 3.63) is 34.4 Å². The molecule has 10 heteroatoms. The predicted molar refractivity (Wildman–Crippen MR) is 60.0 cm³/mol. The molecule has 1 N–H and O–H groups in total. The van der Waals surface area contributed by atoms with E-state index < -0.39 is 17.7 Å². The van der Waals surface area contributed by atoms with Crippen molar-refractivity contribution in [2.75, 3.05) is 6.67 Å². The molecule has 0 radical (unpaired) electrons. The highest BCUT2D eigenvalue weighted by Crippen LogP contribution is 2.09. The van der Waals surface area contributed by atoms with Gasteiger partial charge in [0, 0.05) is 0 Å². The third-order valence-corrected chi connectivity index (χ3v) is 2.35. The number of alkyl halides is 1. The fraction of sp³-hybridized carbons (Fsp3) is 0.444. The minimum absolute atomic E-state index is 0.0183. The second-order valence-corrected chi connectivity index (χ2v) is 3.85. The van der Waals surface area contributed by atoms with Gasteiger partial charge < -0.3 is 15.2 Å². The Hall–Kier alpha value is -2.36. The molecule has 0 fully saturated rings. The lowest BCUT2D eigenvalue weighted by Crippen LogP contribution is -2.18. The van der Waals surface area contributed by atoms with Crippen LogP contribution in [0, 0.1) is 10.1 Å². The van der Waals surface area contributed by atoms with Gasteiger partial charge in [-0.1, -0.05) is 10.2 Å².